The molecule has 1 saturated heterocycles. The third-order valence-corrected chi connectivity index (χ3v) is 5.05. The number of benzene rings is 1. The molecule has 0 amide bonds. The minimum Gasteiger partial charge on any atom is -0.383 e. The molecule has 2 fully saturated rings. The first-order valence-corrected chi connectivity index (χ1v) is 7.86. The molecule has 1 saturated carbocycles. The third-order valence-electron chi connectivity index (χ3n) is 5.05. The van der Waals surface area contributed by atoms with E-state index in [4.69, 9.17) is 4.74 Å². The molecule has 110 valence electrons. The summed E-state index contributed by atoms with van der Waals surface area (Å²) >= 11 is 0. The Balaban J connectivity index is 1.73. The maximum atomic E-state index is 5.33. The minimum absolute atomic E-state index is 0.393. The van der Waals surface area contributed by atoms with E-state index in [-0.39, 0.29) is 0 Å². The largest absolute Gasteiger partial charge is 0.383 e. The minimum atomic E-state index is 0.393. The van der Waals surface area contributed by atoms with E-state index < -0.39 is 0 Å². The lowest BCUT2D eigenvalue weighted by atomic mass is 9.89. The Morgan fingerprint density at radius 3 is 2.70 bits per heavy atom. The van der Waals surface area contributed by atoms with E-state index in [2.05, 4.69) is 40.5 Å². The highest BCUT2D eigenvalue weighted by atomic mass is 16.5. The highest BCUT2D eigenvalue weighted by molar-refractivity contribution is 5.21. The Labute approximate surface area is 122 Å². The van der Waals surface area contributed by atoms with Crippen molar-refractivity contribution < 1.29 is 4.74 Å². The van der Waals surface area contributed by atoms with Gasteiger partial charge in [-0.3, -0.25) is 4.90 Å². The van der Waals surface area contributed by atoms with Gasteiger partial charge in [0, 0.05) is 38.3 Å². The Hall–Kier alpha value is -0.900. The lowest BCUT2D eigenvalue weighted by molar-refractivity contribution is 0.0213. The smallest absolute Gasteiger partial charge is 0.0589 e. The second-order valence-corrected chi connectivity index (χ2v) is 6.21. The molecule has 1 aromatic rings. The summed E-state index contributed by atoms with van der Waals surface area (Å²) in [5.74, 6) is 0. The second-order valence-electron chi connectivity index (χ2n) is 6.21. The topological polar surface area (TPSA) is 24.5 Å². The van der Waals surface area contributed by atoms with Gasteiger partial charge in [0.1, 0.15) is 0 Å². The first-order chi connectivity index (χ1) is 9.84. The van der Waals surface area contributed by atoms with Gasteiger partial charge in [-0.25, -0.2) is 0 Å². The molecular formula is C17H26N2O. The standard InChI is InChI=1S/C17H26N2O/c1-20-12-11-19-13-16(15-7-3-2-4-8-15)18-14-17(19)9-5-6-10-17/h2-4,7-8,16,18H,5-6,9-14H2,1H3. The van der Waals surface area contributed by atoms with Gasteiger partial charge < -0.3 is 10.1 Å². The Bertz CT molecular complexity index is 414. The zero-order chi connectivity index (χ0) is 13.8. The summed E-state index contributed by atoms with van der Waals surface area (Å²) in [4.78, 5) is 2.69. The molecule has 3 nitrogen and oxygen atoms in total. The predicted molar refractivity (Wildman–Crippen MR) is 81.8 cm³/mol. The molecule has 20 heavy (non-hydrogen) atoms. The zero-order valence-corrected chi connectivity index (χ0v) is 12.5. The molecule has 1 aliphatic carbocycles. The molecule has 2 aliphatic rings. The summed E-state index contributed by atoms with van der Waals surface area (Å²) in [6.45, 7) is 4.12. The molecule has 3 heteroatoms. The van der Waals surface area contributed by atoms with Gasteiger partial charge >= 0.3 is 0 Å². The summed E-state index contributed by atoms with van der Waals surface area (Å²) < 4.78 is 5.33. The number of rotatable bonds is 4. The highest BCUT2D eigenvalue weighted by Crippen LogP contribution is 2.38. The maximum absolute atomic E-state index is 5.33. The Morgan fingerprint density at radius 1 is 1.25 bits per heavy atom. The highest BCUT2D eigenvalue weighted by Gasteiger charge is 2.43. The fraction of sp³-hybridized carbons (Fsp3) is 0.647. The number of ether oxygens (including phenoxy) is 1. The normalized spacial score (nSPS) is 26.1. The number of nitrogens with zero attached hydrogens (tertiary/aromatic N) is 1. The number of hydrogen-bond donors (Lipinski definition) is 1. The van der Waals surface area contributed by atoms with Crippen LogP contribution in [0.3, 0.4) is 0 Å². The predicted octanol–water partition coefficient (Wildman–Crippen LogP) is 2.59. The Morgan fingerprint density at radius 2 is 2.00 bits per heavy atom. The van der Waals surface area contributed by atoms with Crippen molar-refractivity contribution in [3.8, 4) is 0 Å². The van der Waals surface area contributed by atoms with E-state index in [0.717, 1.165) is 26.2 Å². The molecule has 1 aromatic carbocycles. The van der Waals surface area contributed by atoms with Crippen molar-refractivity contribution in [2.75, 3.05) is 33.4 Å². The van der Waals surface area contributed by atoms with E-state index in [9.17, 15) is 0 Å². The van der Waals surface area contributed by atoms with Crippen LogP contribution in [0.5, 0.6) is 0 Å². The van der Waals surface area contributed by atoms with Crippen LogP contribution in [-0.4, -0.2) is 43.8 Å². The lowest BCUT2D eigenvalue weighted by Crippen LogP contribution is -2.61. The molecule has 3 rings (SSSR count). The average Bonchev–Trinajstić information content (AvgIpc) is 2.97. The van der Waals surface area contributed by atoms with Gasteiger partial charge in [0.2, 0.25) is 0 Å². The van der Waals surface area contributed by atoms with Gasteiger partial charge in [0.05, 0.1) is 6.61 Å². The molecular weight excluding hydrogens is 248 g/mol. The van der Waals surface area contributed by atoms with Crippen molar-refractivity contribution in [2.24, 2.45) is 0 Å². The molecule has 1 atom stereocenters. The fourth-order valence-corrected chi connectivity index (χ4v) is 3.87. The second kappa shape index (κ2) is 6.25. The molecule has 1 N–H and O–H groups in total. The quantitative estimate of drug-likeness (QED) is 0.913. The molecule has 0 bridgehead atoms. The monoisotopic (exact) mass is 274 g/mol. The first kappa shape index (κ1) is 14.1. The van der Waals surface area contributed by atoms with E-state index in [0.29, 0.717) is 11.6 Å². The van der Waals surface area contributed by atoms with Crippen molar-refractivity contribution in [3.63, 3.8) is 0 Å². The molecule has 1 aliphatic heterocycles. The van der Waals surface area contributed by atoms with Crippen molar-refractivity contribution in [1.29, 1.82) is 0 Å². The van der Waals surface area contributed by atoms with Gasteiger partial charge in [-0.05, 0) is 18.4 Å². The number of hydrogen-bond acceptors (Lipinski definition) is 3. The van der Waals surface area contributed by atoms with Crippen molar-refractivity contribution in [3.05, 3.63) is 35.9 Å². The van der Waals surface area contributed by atoms with E-state index in [1.54, 1.807) is 7.11 Å². The number of piperazine rings is 1. The van der Waals surface area contributed by atoms with Crippen LogP contribution in [0.2, 0.25) is 0 Å². The summed E-state index contributed by atoms with van der Waals surface area (Å²) in [5.41, 5.74) is 1.80. The van der Waals surface area contributed by atoms with Crippen molar-refractivity contribution in [2.45, 2.75) is 37.3 Å². The Kier molecular flexibility index (Phi) is 4.39. The van der Waals surface area contributed by atoms with Crippen LogP contribution < -0.4 is 5.32 Å². The SMILES string of the molecule is COCCN1CC(c2ccccc2)NCC12CCCC2. The van der Waals surface area contributed by atoms with Gasteiger partial charge in [-0.2, -0.15) is 0 Å². The van der Waals surface area contributed by atoms with Crippen molar-refractivity contribution in [1.82, 2.24) is 10.2 Å². The van der Waals surface area contributed by atoms with Crippen LogP contribution in [-0.2, 0) is 4.74 Å². The number of nitrogens with one attached hydrogen (secondary N) is 1. The van der Waals surface area contributed by atoms with Gasteiger partial charge in [0.25, 0.3) is 0 Å². The summed E-state index contributed by atoms with van der Waals surface area (Å²) in [6.07, 6.45) is 5.43. The molecule has 0 aromatic heterocycles. The van der Waals surface area contributed by atoms with Crippen molar-refractivity contribution >= 4 is 0 Å². The van der Waals surface area contributed by atoms with Crippen LogP contribution in [0.25, 0.3) is 0 Å². The van der Waals surface area contributed by atoms with Gasteiger partial charge in [-0.15, -0.1) is 0 Å². The molecule has 1 heterocycles. The van der Waals surface area contributed by atoms with Gasteiger partial charge in [0.15, 0.2) is 0 Å². The number of methoxy groups -OCH3 is 1. The third kappa shape index (κ3) is 2.76. The van der Waals surface area contributed by atoms with E-state index >= 15 is 0 Å². The van der Waals surface area contributed by atoms with E-state index in [1.807, 2.05) is 0 Å². The molecule has 1 unspecified atom stereocenters. The summed E-state index contributed by atoms with van der Waals surface area (Å²) in [7, 11) is 1.80. The molecule has 0 radical (unpaired) electrons. The zero-order valence-electron chi connectivity index (χ0n) is 12.5. The van der Waals surface area contributed by atoms with Crippen LogP contribution in [0.15, 0.2) is 30.3 Å². The van der Waals surface area contributed by atoms with Gasteiger partial charge in [-0.1, -0.05) is 43.2 Å². The fourth-order valence-electron chi connectivity index (χ4n) is 3.87. The van der Waals surface area contributed by atoms with E-state index in [1.165, 1.54) is 31.2 Å². The maximum Gasteiger partial charge on any atom is 0.0589 e. The van der Waals surface area contributed by atoms with Crippen LogP contribution in [0, 0.1) is 0 Å². The summed E-state index contributed by atoms with van der Waals surface area (Å²) in [6, 6.07) is 11.3. The average molecular weight is 274 g/mol. The van der Waals surface area contributed by atoms with Crippen LogP contribution >= 0.6 is 0 Å². The van der Waals surface area contributed by atoms with Crippen LogP contribution in [0.4, 0.5) is 0 Å². The molecule has 1 spiro atoms. The van der Waals surface area contributed by atoms with Crippen LogP contribution in [0.1, 0.15) is 37.3 Å². The lowest BCUT2D eigenvalue weighted by Gasteiger charge is -2.48. The first-order valence-electron chi connectivity index (χ1n) is 7.86. The summed E-state index contributed by atoms with van der Waals surface area (Å²) in [5, 5.41) is 3.79.